The molecule has 3 aliphatic rings. The number of hydrogen-bond acceptors (Lipinski definition) is 6. The molecule has 5 rings (SSSR count). The van der Waals surface area contributed by atoms with Crippen molar-refractivity contribution in [3.05, 3.63) is 59.3 Å². The number of aliphatic hydroxyl groups is 1. The van der Waals surface area contributed by atoms with Gasteiger partial charge in [-0.05, 0) is 36.5 Å². The first-order valence-electron chi connectivity index (χ1n) is 11.9. The van der Waals surface area contributed by atoms with E-state index >= 15 is 0 Å². The summed E-state index contributed by atoms with van der Waals surface area (Å²) in [6, 6.07) is 11.2. The number of piperidine rings is 1. The predicted molar refractivity (Wildman–Crippen MR) is 124 cm³/mol. The number of carbonyl (C=O) groups is 2. The average molecular weight is 467 g/mol. The van der Waals surface area contributed by atoms with Gasteiger partial charge < -0.3 is 30.5 Å². The van der Waals surface area contributed by atoms with Crippen molar-refractivity contribution < 1.29 is 24.5 Å². The molecule has 2 saturated heterocycles. The second kappa shape index (κ2) is 9.60. The lowest BCUT2D eigenvalue weighted by atomic mass is 9.93. The van der Waals surface area contributed by atoms with Crippen LogP contribution in [0.25, 0.3) is 0 Å². The smallest absolute Gasteiger partial charge is 0.407 e. The van der Waals surface area contributed by atoms with E-state index in [1.165, 1.54) is 17.3 Å². The average Bonchev–Trinajstić information content (AvgIpc) is 3.13. The van der Waals surface area contributed by atoms with E-state index < -0.39 is 12.2 Å². The van der Waals surface area contributed by atoms with Crippen LogP contribution < -0.4 is 15.4 Å². The number of pyridine rings is 1. The summed E-state index contributed by atoms with van der Waals surface area (Å²) in [7, 11) is 0. The van der Waals surface area contributed by atoms with E-state index in [0.717, 1.165) is 12.8 Å². The van der Waals surface area contributed by atoms with Crippen LogP contribution in [0.2, 0.25) is 0 Å². The minimum Gasteiger partial charge on any atom is -0.474 e. The van der Waals surface area contributed by atoms with E-state index in [4.69, 9.17) is 4.74 Å². The molecule has 2 fully saturated rings. The highest BCUT2D eigenvalue weighted by Gasteiger charge is 2.44. The SMILES string of the molecule is O=C(NC[C@@H](O)[C@@H]1Cc2ccccc2CN1)c1ccnc(O[C@@H]2C[C@H]3CC[C@@H](C2)N3C(=O)O)c1. The molecular weight excluding hydrogens is 436 g/mol. The lowest BCUT2D eigenvalue weighted by molar-refractivity contribution is 0.0475. The van der Waals surface area contributed by atoms with Gasteiger partial charge in [0.15, 0.2) is 0 Å². The van der Waals surface area contributed by atoms with E-state index in [9.17, 15) is 19.8 Å². The quantitative estimate of drug-likeness (QED) is 0.513. The van der Waals surface area contributed by atoms with Crippen LogP contribution in [0.4, 0.5) is 4.79 Å². The predicted octanol–water partition coefficient (Wildman–Crippen LogP) is 1.94. The van der Waals surface area contributed by atoms with Gasteiger partial charge in [0, 0.05) is 61.9 Å². The Bertz CT molecular complexity index is 1050. The highest BCUT2D eigenvalue weighted by molar-refractivity contribution is 5.94. The van der Waals surface area contributed by atoms with Gasteiger partial charge in [-0.1, -0.05) is 24.3 Å². The Labute approximate surface area is 198 Å². The Morgan fingerprint density at radius 2 is 1.91 bits per heavy atom. The molecule has 5 atom stereocenters. The van der Waals surface area contributed by atoms with Crippen molar-refractivity contribution in [1.29, 1.82) is 0 Å². The number of aromatic nitrogens is 1. The first kappa shape index (κ1) is 22.6. The molecule has 34 heavy (non-hydrogen) atoms. The molecule has 2 amide bonds. The normalized spacial score (nSPS) is 26.4. The molecule has 4 heterocycles. The minimum atomic E-state index is -0.863. The third-order valence-electron chi connectivity index (χ3n) is 7.24. The van der Waals surface area contributed by atoms with Crippen LogP contribution in [-0.2, 0) is 13.0 Å². The van der Waals surface area contributed by atoms with Crippen molar-refractivity contribution in [2.75, 3.05) is 6.54 Å². The number of hydrogen-bond donors (Lipinski definition) is 4. The van der Waals surface area contributed by atoms with Gasteiger partial charge in [0.05, 0.1) is 6.10 Å². The second-order valence-corrected chi connectivity index (χ2v) is 9.41. The molecule has 1 aromatic carbocycles. The van der Waals surface area contributed by atoms with Crippen LogP contribution in [-0.4, -0.2) is 69.0 Å². The minimum absolute atomic E-state index is 0.0189. The summed E-state index contributed by atoms with van der Waals surface area (Å²) in [6.07, 6.45) is 3.51. The number of carbonyl (C=O) groups excluding carboxylic acids is 1. The number of aliphatic hydroxyl groups excluding tert-OH is 1. The summed E-state index contributed by atoms with van der Waals surface area (Å²) in [5.74, 6) is 0.0511. The molecule has 180 valence electrons. The van der Waals surface area contributed by atoms with E-state index in [1.54, 1.807) is 17.0 Å². The van der Waals surface area contributed by atoms with E-state index in [1.807, 2.05) is 12.1 Å². The zero-order valence-corrected chi connectivity index (χ0v) is 18.9. The molecule has 9 heteroatoms. The van der Waals surface area contributed by atoms with Crippen LogP contribution in [0.15, 0.2) is 42.6 Å². The van der Waals surface area contributed by atoms with Crippen molar-refractivity contribution in [2.45, 2.75) is 69.0 Å². The Kier molecular flexibility index (Phi) is 6.38. The molecule has 2 aromatic rings. The highest BCUT2D eigenvalue weighted by Crippen LogP contribution is 2.37. The van der Waals surface area contributed by atoms with Gasteiger partial charge in [-0.2, -0.15) is 0 Å². The van der Waals surface area contributed by atoms with Crippen LogP contribution in [0.5, 0.6) is 5.88 Å². The maximum Gasteiger partial charge on any atom is 0.407 e. The Hall–Kier alpha value is -3.17. The van der Waals surface area contributed by atoms with Crippen LogP contribution in [0.1, 0.15) is 47.2 Å². The first-order valence-corrected chi connectivity index (χ1v) is 11.9. The third-order valence-corrected chi connectivity index (χ3v) is 7.24. The number of nitrogens with one attached hydrogen (secondary N) is 2. The lowest BCUT2D eigenvalue weighted by Crippen LogP contribution is -2.49. The van der Waals surface area contributed by atoms with Gasteiger partial charge in [0.25, 0.3) is 5.91 Å². The summed E-state index contributed by atoms with van der Waals surface area (Å²) in [6.45, 7) is 0.832. The van der Waals surface area contributed by atoms with Gasteiger partial charge in [-0.15, -0.1) is 0 Å². The topological polar surface area (TPSA) is 124 Å². The number of carboxylic acid groups (broad SMARTS) is 1. The highest BCUT2D eigenvalue weighted by atomic mass is 16.5. The molecule has 1 aromatic heterocycles. The molecule has 3 aliphatic heterocycles. The summed E-state index contributed by atoms with van der Waals surface area (Å²) in [4.78, 5) is 30.0. The number of nitrogens with zero attached hydrogens (tertiary/aromatic N) is 2. The first-order chi connectivity index (χ1) is 16.5. The van der Waals surface area contributed by atoms with Gasteiger partial charge in [0.1, 0.15) is 6.10 Å². The standard InChI is InChI=1S/C25H30N4O5/c30-22(21-9-15-3-1-2-4-17(15)13-27-21)14-28-24(31)16-7-8-26-23(10-16)34-20-11-18-5-6-19(12-20)29(18)25(32)33/h1-4,7-8,10,18-22,27,30H,5-6,9,11-14H2,(H,28,31)(H,32,33)/t18-,19+,20-,21-,22+/m0/s1. The molecule has 4 N–H and O–H groups in total. The van der Waals surface area contributed by atoms with Crippen molar-refractivity contribution >= 4 is 12.0 Å². The maximum atomic E-state index is 12.7. The molecule has 0 saturated carbocycles. The second-order valence-electron chi connectivity index (χ2n) is 9.41. The van der Waals surface area contributed by atoms with Crippen LogP contribution in [0, 0.1) is 0 Å². The van der Waals surface area contributed by atoms with Gasteiger partial charge in [0.2, 0.25) is 5.88 Å². The summed E-state index contributed by atoms with van der Waals surface area (Å²) >= 11 is 0. The summed E-state index contributed by atoms with van der Waals surface area (Å²) in [5.41, 5.74) is 2.86. The van der Waals surface area contributed by atoms with Gasteiger partial charge in [-0.25, -0.2) is 9.78 Å². The van der Waals surface area contributed by atoms with Crippen molar-refractivity contribution in [3.8, 4) is 5.88 Å². The lowest BCUT2D eigenvalue weighted by Gasteiger charge is -2.36. The largest absolute Gasteiger partial charge is 0.474 e. The number of amides is 2. The number of ether oxygens (including phenoxy) is 1. The number of rotatable bonds is 6. The zero-order chi connectivity index (χ0) is 23.7. The number of fused-ring (bicyclic) bond motifs is 3. The monoisotopic (exact) mass is 466 g/mol. The zero-order valence-electron chi connectivity index (χ0n) is 18.9. The molecule has 0 spiro atoms. The molecule has 0 radical (unpaired) electrons. The molecule has 9 nitrogen and oxygen atoms in total. The summed E-state index contributed by atoms with van der Waals surface area (Å²) in [5, 5.41) is 26.2. The molecule has 0 aliphatic carbocycles. The number of benzene rings is 1. The summed E-state index contributed by atoms with van der Waals surface area (Å²) < 4.78 is 6.04. The van der Waals surface area contributed by atoms with E-state index in [-0.39, 0.29) is 36.7 Å². The van der Waals surface area contributed by atoms with Gasteiger partial charge >= 0.3 is 6.09 Å². The Morgan fingerprint density at radius 3 is 2.65 bits per heavy atom. The van der Waals surface area contributed by atoms with E-state index in [0.29, 0.717) is 37.3 Å². The van der Waals surface area contributed by atoms with Crippen LogP contribution in [0.3, 0.4) is 0 Å². The Balaban J connectivity index is 1.14. The Morgan fingerprint density at radius 1 is 1.18 bits per heavy atom. The fraction of sp³-hybridized carbons (Fsp3) is 0.480. The molecule has 2 bridgehead atoms. The van der Waals surface area contributed by atoms with E-state index in [2.05, 4.69) is 27.8 Å². The van der Waals surface area contributed by atoms with Gasteiger partial charge in [-0.3, -0.25) is 4.79 Å². The fourth-order valence-electron chi connectivity index (χ4n) is 5.51. The molecule has 0 unspecified atom stereocenters. The maximum absolute atomic E-state index is 12.7. The third kappa shape index (κ3) is 4.71. The van der Waals surface area contributed by atoms with Crippen molar-refractivity contribution in [1.82, 2.24) is 20.5 Å². The molecular formula is C25H30N4O5. The fourth-order valence-corrected chi connectivity index (χ4v) is 5.51. The van der Waals surface area contributed by atoms with Crippen LogP contribution >= 0.6 is 0 Å². The van der Waals surface area contributed by atoms with Crippen molar-refractivity contribution in [3.63, 3.8) is 0 Å². The van der Waals surface area contributed by atoms with Crippen molar-refractivity contribution in [2.24, 2.45) is 0 Å².